The fraction of sp³-hybridized carbons (Fsp3) is 0.417. The Kier molecular flexibility index (Phi) is 5.97. The highest BCUT2D eigenvalue weighted by molar-refractivity contribution is 5.96. The van der Waals surface area contributed by atoms with Crippen molar-refractivity contribution in [3.05, 3.63) is 68.8 Å². The second-order valence-electron chi connectivity index (χ2n) is 8.70. The zero-order valence-corrected chi connectivity index (χ0v) is 19.0. The van der Waals surface area contributed by atoms with Crippen LogP contribution >= 0.6 is 0 Å². The van der Waals surface area contributed by atoms with Crippen LogP contribution in [0.5, 0.6) is 5.75 Å². The Morgan fingerprint density at radius 3 is 2.61 bits per heavy atom. The SMILES string of the molecule is COc1ccc([N+](=O)[O-])cc1CN1CC2(CCN(C(=O)c3cccc(C)c3C)CC2)OC1=O. The summed E-state index contributed by atoms with van der Waals surface area (Å²) >= 11 is 0. The number of hydrogen-bond acceptors (Lipinski definition) is 6. The number of nitro benzene ring substituents is 1. The molecule has 0 atom stereocenters. The van der Waals surface area contributed by atoms with Gasteiger partial charge in [0.25, 0.3) is 11.6 Å². The van der Waals surface area contributed by atoms with Gasteiger partial charge in [0.15, 0.2) is 0 Å². The monoisotopic (exact) mass is 453 g/mol. The van der Waals surface area contributed by atoms with Gasteiger partial charge in [0.05, 0.1) is 25.1 Å². The minimum Gasteiger partial charge on any atom is -0.496 e. The molecule has 0 saturated carbocycles. The predicted molar refractivity (Wildman–Crippen MR) is 120 cm³/mol. The highest BCUT2D eigenvalue weighted by atomic mass is 16.6. The van der Waals surface area contributed by atoms with Crippen molar-refractivity contribution >= 4 is 17.7 Å². The quantitative estimate of drug-likeness (QED) is 0.503. The Hall–Kier alpha value is -3.62. The van der Waals surface area contributed by atoms with Gasteiger partial charge in [-0.15, -0.1) is 0 Å². The normalized spacial score (nSPS) is 17.2. The molecule has 33 heavy (non-hydrogen) atoms. The van der Waals surface area contributed by atoms with E-state index >= 15 is 0 Å². The number of likely N-dealkylation sites (tertiary alicyclic amines) is 1. The smallest absolute Gasteiger partial charge is 0.410 e. The van der Waals surface area contributed by atoms with Crippen molar-refractivity contribution in [1.29, 1.82) is 0 Å². The van der Waals surface area contributed by atoms with E-state index in [4.69, 9.17) is 9.47 Å². The third-order valence-electron chi connectivity index (χ3n) is 6.67. The maximum Gasteiger partial charge on any atom is 0.410 e. The first-order valence-electron chi connectivity index (χ1n) is 10.9. The number of benzene rings is 2. The highest BCUT2D eigenvalue weighted by Gasteiger charge is 2.47. The molecule has 2 amide bonds. The summed E-state index contributed by atoms with van der Waals surface area (Å²) in [6.45, 7) is 5.44. The summed E-state index contributed by atoms with van der Waals surface area (Å²) in [5.74, 6) is 0.469. The number of aryl methyl sites for hydroxylation is 1. The summed E-state index contributed by atoms with van der Waals surface area (Å²) in [6.07, 6.45) is 0.619. The van der Waals surface area contributed by atoms with E-state index in [0.29, 0.717) is 49.4 Å². The van der Waals surface area contributed by atoms with Crippen LogP contribution in [0.1, 0.15) is 39.9 Å². The van der Waals surface area contributed by atoms with Crippen LogP contribution in [-0.4, -0.2) is 59.1 Å². The summed E-state index contributed by atoms with van der Waals surface area (Å²) in [4.78, 5) is 39.7. The number of amides is 2. The number of ether oxygens (including phenoxy) is 2. The first kappa shape index (κ1) is 22.6. The maximum atomic E-state index is 13.0. The van der Waals surface area contributed by atoms with Gasteiger partial charge in [-0.25, -0.2) is 4.79 Å². The number of nitrogens with zero attached hydrogens (tertiary/aromatic N) is 3. The minimum atomic E-state index is -0.663. The Morgan fingerprint density at radius 2 is 1.94 bits per heavy atom. The van der Waals surface area contributed by atoms with Crippen molar-refractivity contribution in [2.24, 2.45) is 0 Å². The van der Waals surface area contributed by atoms with Crippen molar-refractivity contribution in [3.63, 3.8) is 0 Å². The van der Waals surface area contributed by atoms with Crippen LogP contribution in [0.3, 0.4) is 0 Å². The molecule has 0 bridgehead atoms. The first-order chi connectivity index (χ1) is 15.7. The van der Waals surface area contributed by atoms with Gasteiger partial charge in [0.2, 0.25) is 0 Å². The van der Waals surface area contributed by atoms with Gasteiger partial charge in [-0.05, 0) is 37.1 Å². The molecule has 2 aromatic carbocycles. The van der Waals surface area contributed by atoms with Crippen LogP contribution in [0.4, 0.5) is 10.5 Å². The number of piperidine rings is 1. The zero-order chi connectivity index (χ0) is 23.8. The second kappa shape index (κ2) is 8.73. The summed E-state index contributed by atoms with van der Waals surface area (Å²) in [6, 6.07) is 10.0. The van der Waals surface area contributed by atoms with E-state index < -0.39 is 16.6 Å². The number of carbonyl (C=O) groups excluding carboxylic acids is 2. The molecule has 2 aliphatic heterocycles. The molecule has 2 heterocycles. The van der Waals surface area contributed by atoms with Crippen LogP contribution in [0.2, 0.25) is 0 Å². The molecular weight excluding hydrogens is 426 g/mol. The van der Waals surface area contributed by atoms with E-state index in [2.05, 4.69) is 0 Å². The fourth-order valence-electron chi connectivity index (χ4n) is 4.55. The third kappa shape index (κ3) is 4.35. The van der Waals surface area contributed by atoms with Crippen molar-refractivity contribution in [3.8, 4) is 5.75 Å². The topological polar surface area (TPSA) is 102 Å². The summed E-state index contributed by atoms with van der Waals surface area (Å²) < 4.78 is 11.1. The molecule has 2 saturated heterocycles. The van der Waals surface area contributed by atoms with Gasteiger partial charge in [-0.3, -0.25) is 19.8 Å². The molecule has 174 valence electrons. The van der Waals surface area contributed by atoms with E-state index in [0.717, 1.165) is 11.1 Å². The molecule has 4 rings (SSSR count). The van der Waals surface area contributed by atoms with Crippen LogP contribution in [0, 0.1) is 24.0 Å². The van der Waals surface area contributed by atoms with Crippen LogP contribution in [-0.2, 0) is 11.3 Å². The lowest BCUT2D eigenvalue weighted by Gasteiger charge is -2.37. The average molecular weight is 453 g/mol. The van der Waals surface area contributed by atoms with E-state index in [1.165, 1.54) is 25.3 Å². The number of methoxy groups -OCH3 is 1. The van der Waals surface area contributed by atoms with E-state index in [-0.39, 0.29) is 18.1 Å². The Balaban J connectivity index is 1.44. The van der Waals surface area contributed by atoms with E-state index in [1.54, 1.807) is 4.90 Å². The second-order valence-corrected chi connectivity index (χ2v) is 8.70. The number of hydrogen-bond donors (Lipinski definition) is 0. The maximum absolute atomic E-state index is 13.0. The predicted octanol–water partition coefficient (Wildman–Crippen LogP) is 3.85. The first-order valence-corrected chi connectivity index (χ1v) is 10.9. The molecule has 0 unspecified atom stereocenters. The molecule has 9 heteroatoms. The Bertz CT molecular complexity index is 1110. The van der Waals surface area contributed by atoms with Gasteiger partial charge in [-0.2, -0.15) is 0 Å². The minimum absolute atomic E-state index is 0.00596. The van der Waals surface area contributed by atoms with Crippen molar-refractivity contribution in [2.75, 3.05) is 26.7 Å². The van der Waals surface area contributed by atoms with Gasteiger partial charge in [-0.1, -0.05) is 12.1 Å². The zero-order valence-electron chi connectivity index (χ0n) is 19.0. The third-order valence-corrected chi connectivity index (χ3v) is 6.67. The summed E-state index contributed by atoms with van der Waals surface area (Å²) in [5, 5.41) is 11.2. The lowest BCUT2D eigenvalue weighted by atomic mass is 9.90. The van der Waals surface area contributed by atoms with E-state index in [9.17, 15) is 19.7 Å². The molecule has 0 aromatic heterocycles. The average Bonchev–Trinajstić information content (AvgIpc) is 3.09. The van der Waals surface area contributed by atoms with Crippen LogP contribution in [0.25, 0.3) is 0 Å². The molecule has 1 spiro atoms. The number of nitro groups is 1. The lowest BCUT2D eigenvalue weighted by molar-refractivity contribution is -0.384. The Morgan fingerprint density at radius 1 is 1.21 bits per heavy atom. The number of rotatable bonds is 5. The highest BCUT2D eigenvalue weighted by Crippen LogP contribution is 2.36. The lowest BCUT2D eigenvalue weighted by Crippen LogP contribution is -2.48. The fourth-order valence-corrected chi connectivity index (χ4v) is 4.55. The molecule has 0 N–H and O–H groups in total. The number of non-ortho nitro benzene ring substituents is 1. The summed E-state index contributed by atoms with van der Waals surface area (Å²) in [5.41, 5.74) is 2.57. The van der Waals surface area contributed by atoms with Gasteiger partial charge in [0, 0.05) is 49.2 Å². The largest absolute Gasteiger partial charge is 0.496 e. The van der Waals surface area contributed by atoms with Crippen LogP contribution in [0.15, 0.2) is 36.4 Å². The van der Waals surface area contributed by atoms with Gasteiger partial charge < -0.3 is 14.4 Å². The Labute approximate surface area is 192 Å². The van der Waals surface area contributed by atoms with Crippen molar-refractivity contribution in [1.82, 2.24) is 9.80 Å². The van der Waals surface area contributed by atoms with E-state index in [1.807, 2.05) is 36.9 Å². The molecule has 2 aromatic rings. The summed E-state index contributed by atoms with van der Waals surface area (Å²) in [7, 11) is 1.48. The molecule has 9 nitrogen and oxygen atoms in total. The number of carbonyl (C=O) groups is 2. The molecule has 2 aliphatic rings. The molecular formula is C24H27N3O6. The standard InChI is InChI=1S/C24H27N3O6/c1-16-5-4-6-20(17(16)2)22(28)25-11-9-24(10-12-25)15-26(23(29)33-24)14-18-13-19(27(30)31)7-8-21(18)32-3/h4-8,13H,9-12,14-15H2,1-3H3. The molecule has 0 aliphatic carbocycles. The van der Waals surface area contributed by atoms with Crippen LogP contribution < -0.4 is 4.74 Å². The molecule has 0 radical (unpaired) electrons. The molecule has 2 fully saturated rings. The van der Waals surface area contributed by atoms with Gasteiger partial charge in [0.1, 0.15) is 11.4 Å². The van der Waals surface area contributed by atoms with Gasteiger partial charge >= 0.3 is 6.09 Å². The van der Waals surface area contributed by atoms with Crippen molar-refractivity contribution in [2.45, 2.75) is 38.8 Å². The van der Waals surface area contributed by atoms with Crippen molar-refractivity contribution < 1.29 is 24.0 Å².